The summed E-state index contributed by atoms with van der Waals surface area (Å²) in [6.07, 6.45) is 7.91. The number of H-pyrrole nitrogens is 1. The number of hydrogen-bond acceptors (Lipinski definition) is 5. The maximum Gasteiger partial charge on any atom is 0.181 e. The molecule has 1 aliphatic rings. The second-order valence-electron chi connectivity index (χ2n) is 4.45. The molecule has 2 aromatic rings. The zero-order chi connectivity index (χ0) is 11.7. The topological polar surface area (TPSA) is 80.5 Å². The normalized spacial score (nSPS) is 25.2. The van der Waals surface area contributed by atoms with Crippen LogP contribution in [0.1, 0.15) is 25.7 Å². The van der Waals surface area contributed by atoms with Crippen LogP contribution in [0.25, 0.3) is 11.2 Å². The summed E-state index contributed by atoms with van der Waals surface area (Å²) in [4.78, 5) is 15.7. The van der Waals surface area contributed by atoms with E-state index >= 15 is 0 Å². The standard InChI is InChI=1S/C11H15N5S/c12-7-2-1-3-8(4-7)17-11-9-10(14-5-13-9)15-6-16-11/h5-8H,1-4,12H2,(H,13,14,15,16). The van der Waals surface area contributed by atoms with Crippen LogP contribution in [0.15, 0.2) is 17.7 Å². The third-order valence-corrected chi connectivity index (χ3v) is 4.43. The molecule has 0 saturated heterocycles. The van der Waals surface area contributed by atoms with Crippen molar-refractivity contribution in [2.24, 2.45) is 5.73 Å². The zero-order valence-electron chi connectivity index (χ0n) is 9.47. The number of hydrogen-bond donors (Lipinski definition) is 2. The lowest BCUT2D eigenvalue weighted by Crippen LogP contribution is -2.29. The lowest BCUT2D eigenvalue weighted by atomic mass is 9.96. The van der Waals surface area contributed by atoms with E-state index < -0.39 is 0 Å². The van der Waals surface area contributed by atoms with Crippen molar-refractivity contribution >= 4 is 22.9 Å². The Hall–Kier alpha value is -1.14. The molecule has 90 valence electrons. The van der Waals surface area contributed by atoms with Crippen LogP contribution in [-0.2, 0) is 0 Å². The van der Waals surface area contributed by atoms with E-state index in [9.17, 15) is 0 Å². The summed E-state index contributed by atoms with van der Waals surface area (Å²) in [7, 11) is 0. The second-order valence-corrected chi connectivity index (χ2v) is 5.74. The van der Waals surface area contributed by atoms with Gasteiger partial charge in [0, 0.05) is 11.3 Å². The van der Waals surface area contributed by atoms with Crippen LogP contribution in [-0.4, -0.2) is 31.2 Å². The first-order valence-corrected chi connectivity index (χ1v) is 6.77. The molecule has 6 heteroatoms. The minimum Gasteiger partial charge on any atom is -0.341 e. The lowest BCUT2D eigenvalue weighted by Gasteiger charge is -2.25. The average Bonchev–Trinajstić information content (AvgIpc) is 2.78. The molecular weight excluding hydrogens is 234 g/mol. The van der Waals surface area contributed by atoms with E-state index in [0.29, 0.717) is 11.3 Å². The van der Waals surface area contributed by atoms with Crippen LogP contribution < -0.4 is 5.73 Å². The SMILES string of the molecule is NC1CCCC(Sc2ncnc3nc[nH]c23)C1. The van der Waals surface area contributed by atoms with Gasteiger partial charge < -0.3 is 10.7 Å². The van der Waals surface area contributed by atoms with Gasteiger partial charge in [0.25, 0.3) is 0 Å². The van der Waals surface area contributed by atoms with Gasteiger partial charge in [-0.1, -0.05) is 6.42 Å². The number of nitrogens with two attached hydrogens (primary N) is 1. The highest BCUT2D eigenvalue weighted by atomic mass is 32.2. The molecule has 1 fully saturated rings. The molecule has 1 aliphatic carbocycles. The fraction of sp³-hybridized carbons (Fsp3) is 0.545. The van der Waals surface area contributed by atoms with Gasteiger partial charge in [0.15, 0.2) is 5.65 Å². The van der Waals surface area contributed by atoms with E-state index in [2.05, 4.69) is 19.9 Å². The fourth-order valence-corrected chi connectivity index (χ4v) is 3.60. The van der Waals surface area contributed by atoms with E-state index in [1.807, 2.05) is 0 Å². The molecule has 2 heterocycles. The first-order valence-electron chi connectivity index (χ1n) is 5.89. The molecule has 17 heavy (non-hydrogen) atoms. The van der Waals surface area contributed by atoms with E-state index in [-0.39, 0.29) is 0 Å². The maximum absolute atomic E-state index is 6.01. The first-order chi connectivity index (χ1) is 8.33. The number of nitrogens with one attached hydrogen (secondary N) is 1. The Morgan fingerprint density at radius 2 is 2.24 bits per heavy atom. The molecule has 3 N–H and O–H groups in total. The molecular formula is C11H15N5S. The first kappa shape index (κ1) is 11.0. The van der Waals surface area contributed by atoms with Crippen LogP contribution in [0.4, 0.5) is 0 Å². The van der Waals surface area contributed by atoms with Gasteiger partial charge in [0.1, 0.15) is 16.9 Å². The molecule has 0 spiro atoms. The third-order valence-electron chi connectivity index (χ3n) is 3.13. The van der Waals surface area contributed by atoms with Gasteiger partial charge in [-0.3, -0.25) is 0 Å². The van der Waals surface area contributed by atoms with Gasteiger partial charge in [-0.2, -0.15) is 0 Å². The molecule has 0 amide bonds. The summed E-state index contributed by atoms with van der Waals surface area (Å²) in [6, 6.07) is 0.348. The average molecular weight is 249 g/mol. The lowest BCUT2D eigenvalue weighted by molar-refractivity contribution is 0.451. The Bertz CT molecular complexity index is 511. The van der Waals surface area contributed by atoms with Crippen molar-refractivity contribution in [3.8, 4) is 0 Å². The highest BCUT2D eigenvalue weighted by Gasteiger charge is 2.21. The predicted molar refractivity (Wildman–Crippen MR) is 67.8 cm³/mol. The van der Waals surface area contributed by atoms with Crippen molar-refractivity contribution in [3.63, 3.8) is 0 Å². The van der Waals surface area contributed by atoms with Crippen molar-refractivity contribution in [1.82, 2.24) is 19.9 Å². The third kappa shape index (κ3) is 2.28. The Morgan fingerprint density at radius 1 is 1.29 bits per heavy atom. The molecule has 0 aromatic carbocycles. The monoisotopic (exact) mass is 249 g/mol. The van der Waals surface area contributed by atoms with Gasteiger partial charge in [-0.05, 0) is 19.3 Å². The van der Waals surface area contributed by atoms with Crippen LogP contribution in [0.3, 0.4) is 0 Å². The summed E-state index contributed by atoms with van der Waals surface area (Å²) < 4.78 is 0. The number of fused-ring (bicyclic) bond motifs is 1. The number of aromatic nitrogens is 4. The smallest absolute Gasteiger partial charge is 0.181 e. The Labute approximate surface area is 104 Å². The largest absolute Gasteiger partial charge is 0.341 e. The van der Waals surface area contributed by atoms with Gasteiger partial charge in [0.2, 0.25) is 0 Å². The van der Waals surface area contributed by atoms with E-state index in [4.69, 9.17) is 5.73 Å². The second kappa shape index (κ2) is 4.62. The summed E-state index contributed by atoms with van der Waals surface area (Å²) in [5.41, 5.74) is 7.69. The van der Waals surface area contributed by atoms with Crippen molar-refractivity contribution in [2.45, 2.75) is 42.0 Å². The fourth-order valence-electron chi connectivity index (χ4n) is 2.28. The van der Waals surface area contributed by atoms with E-state index in [1.54, 1.807) is 24.4 Å². The van der Waals surface area contributed by atoms with Crippen LogP contribution in [0.5, 0.6) is 0 Å². The van der Waals surface area contributed by atoms with Crippen molar-refractivity contribution in [1.29, 1.82) is 0 Å². The number of thioether (sulfide) groups is 1. The Balaban J connectivity index is 1.82. The van der Waals surface area contributed by atoms with E-state index in [0.717, 1.165) is 29.0 Å². The number of aromatic amines is 1. The number of imidazole rings is 1. The summed E-state index contributed by atoms with van der Waals surface area (Å²) in [5, 5.41) is 1.56. The Morgan fingerprint density at radius 3 is 3.12 bits per heavy atom. The molecule has 2 unspecified atom stereocenters. The maximum atomic E-state index is 6.01. The molecule has 0 bridgehead atoms. The van der Waals surface area contributed by atoms with Gasteiger partial charge in [0.05, 0.1) is 6.33 Å². The quantitative estimate of drug-likeness (QED) is 0.792. The zero-order valence-corrected chi connectivity index (χ0v) is 10.3. The van der Waals surface area contributed by atoms with Crippen molar-refractivity contribution in [3.05, 3.63) is 12.7 Å². The highest BCUT2D eigenvalue weighted by Crippen LogP contribution is 2.34. The minimum absolute atomic E-state index is 0.348. The summed E-state index contributed by atoms with van der Waals surface area (Å²) in [5.74, 6) is 0. The summed E-state index contributed by atoms with van der Waals surface area (Å²) in [6.45, 7) is 0. The van der Waals surface area contributed by atoms with Gasteiger partial charge in [-0.15, -0.1) is 11.8 Å². The molecule has 2 aromatic heterocycles. The molecule has 5 nitrogen and oxygen atoms in total. The summed E-state index contributed by atoms with van der Waals surface area (Å²) >= 11 is 1.80. The van der Waals surface area contributed by atoms with Crippen LogP contribution >= 0.6 is 11.8 Å². The number of rotatable bonds is 2. The molecule has 1 saturated carbocycles. The van der Waals surface area contributed by atoms with E-state index in [1.165, 1.54) is 12.8 Å². The number of nitrogens with zero attached hydrogens (tertiary/aromatic N) is 3. The van der Waals surface area contributed by atoms with Crippen molar-refractivity contribution in [2.75, 3.05) is 0 Å². The molecule has 3 rings (SSSR count). The molecule has 0 radical (unpaired) electrons. The van der Waals surface area contributed by atoms with Gasteiger partial charge in [-0.25, -0.2) is 15.0 Å². The molecule has 2 atom stereocenters. The van der Waals surface area contributed by atoms with Gasteiger partial charge >= 0.3 is 0 Å². The Kier molecular flexibility index (Phi) is 2.98. The van der Waals surface area contributed by atoms with Crippen LogP contribution in [0.2, 0.25) is 0 Å². The highest BCUT2D eigenvalue weighted by molar-refractivity contribution is 8.00. The molecule has 0 aliphatic heterocycles. The minimum atomic E-state index is 0.348. The van der Waals surface area contributed by atoms with Crippen LogP contribution in [0, 0.1) is 0 Å². The van der Waals surface area contributed by atoms with Crippen molar-refractivity contribution < 1.29 is 0 Å². The predicted octanol–water partition coefficient (Wildman–Crippen LogP) is 1.71.